The number of nitro groups is 1. The molecule has 0 amide bonds. The summed E-state index contributed by atoms with van der Waals surface area (Å²) >= 11 is 5.66. The standard InChI is InChI=1S/C8H10ClNO2S/c1-13(2)6-3-4-7(9)8(5-6)10(11)12/h3-5,13H,1-2H3. The van der Waals surface area contributed by atoms with Crippen LogP contribution in [-0.4, -0.2) is 17.4 Å². The second-order valence-corrected chi connectivity index (χ2v) is 5.50. The summed E-state index contributed by atoms with van der Waals surface area (Å²) in [5.41, 5.74) is -0.00429. The van der Waals surface area contributed by atoms with Crippen LogP contribution in [0.4, 0.5) is 5.69 Å². The van der Waals surface area contributed by atoms with Crippen molar-refractivity contribution in [2.75, 3.05) is 12.5 Å². The molecule has 0 aliphatic heterocycles. The average molecular weight is 220 g/mol. The second kappa shape index (κ2) is 3.98. The van der Waals surface area contributed by atoms with Gasteiger partial charge in [-0.25, -0.2) is 10.9 Å². The fourth-order valence-electron chi connectivity index (χ4n) is 0.919. The molecule has 0 bridgehead atoms. The zero-order valence-corrected chi connectivity index (χ0v) is 8.97. The Morgan fingerprint density at radius 3 is 2.54 bits per heavy atom. The highest BCUT2D eigenvalue weighted by atomic mass is 35.5. The van der Waals surface area contributed by atoms with E-state index in [1.54, 1.807) is 12.1 Å². The van der Waals surface area contributed by atoms with Gasteiger partial charge in [0.2, 0.25) is 0 Å². The summed E-state index contributed by atoms with van der Waals surface area (Å²) in [6, 6.07) is 4.96. The van der Waals surface area contributed by atoms with E-state index in [9.17, 15) is 10.1 Å². The number of nitrogens with zero attached hydrogens (tertiary/aromatic N) is 1. The molecule has 0 fully saturated rings. The first-order valence-electron chi connectivity index (χ1n) is 3.63. The summed E-state index contributed by atoms with van der Waals surface area (Å²) in [6.07, 6.45) is 4.09. The first-order valence-corrected chi connectivity index (χ1v) is 6.25. The van der Waals surface area contributed by atoms with Crippen molar-refractivity contribution in [3.05, 3.63) is 33.3 Å². The smallest absolute Gasteiger partial charge is 0.258 e. The van der Waals surface area contributed by atoms with Gasteiger partial charge in [0.05, 0.1) is 4.92 Å². The molecule has 0 unspecified atom stereocenters. The van der Waals surface area contributed by atoms with Gasteiger partial charge in [0.1, 0.15) is 5.02 Å². The molecule has 1 aromatic rings. The van der Waals surface area contributed by atoms with E-state index < -0.39 is 4.92 Å². The molecule has 0 aliphatic rings. The lowest BCUT2D eigenvalue weighted by Gasteiger charge is -2.08. The topological polar surface area (TPSA) is 43.1 Å². The molecule has 0 spiro atoms. The molecule has 13 heavy (non-hydrogen) atoms. The largest absolute Gasteiger partial charge is 0.288 e. The van der Waals surface area contributed by atoms with E-state index in [1.165, 1.54) is 0 Å². The van der Waals surface area contributed by atoms with Crippen LogP contribution in [0.2, 0.25) is 5.02 Å². The maximum Gasteiger partial charge on any atom is 0.288 e. The SMILES string of the molecule is C[SH](C)c1ccc(Cl)c([N+](=O)[O-])c1. The molecule has 0 saturated heterocycles. The van der Waals surface area contributed by atoms with Crippen LogP contribution in [0.5, 0.6) is 0 Å². The van der Waals surface area contributed by atoms with Gasteiger partial charge in [-0.15, -0.1) is 0 Å². The summed E-state index contributed by atoms with van der Waals surface area (Å²) in [6.45, 7) is 0. The minimum absolute atomic E-state index is 0.00429. The molecule has 1 aromatic carbocycles. The Kier molecular flexibility index (Phi) is 3.17. The maximum absolute atomic E-state index is 10.5. The first-order chi connectivity index (χ1) is 6.02. The molecule has 0 N–H and O–H groups in total. The molecule has 0 saturated carbocycles. The van der Waals surface area contributed by atoms with Gasteiger partial charge in [0.25, 0.3) is 5.69 Å². The van der Waals surface area contributed by atoms with Crippen molar-refractivity contribution in [2.24, 2.45) is 0 Å². The number of halogens is 1. The van der Waals surface area contributed by atoms with E-state index in [4.69, 9.17) is 11.6 Å². The van der Waals surface area contributed by atoms with Gasteiger partial charge >= 0.3 is 0 Å². The quantitative estimate of drug-likeness (QED) is 0.472. The Morgan fingerprint density at radius 2 is 2.08 bits per heavy atom. The Labute approximate surface area is 84.2 Å². The van der Waals surface area contributed by atoms with Crippen LogP contribution in [-0.2, 0) is 0 Å². The van der Waals surface area contributed by atoms with E-state index in [-0.39, 0.29) is 21.6 Å². The molecule has 0 radical (unpaired) electrons. The van der Waals surface area contributed by atoms with Crippen LogP contribution in [0.15, 0.2) is 23.1 Å². The van der Waals surface area contributed by atoms with E-state index in [0.717, 1.165) is 4.90 Å². The number of thiol groups is 1. The van der Waals surface area contributed by atoms with Gasteiger partial charge < -0.3 is 0 Å². The predicted molar refractivity (Wildman–Crippen MR) is 57.2 cm³/mol. The summed E-state index contributed by atoms with van der Waals surface area (Å²) in [5, 5.41) is 10.7. The van der Waals surface area contributed by atoms with Crippen molar-refractivity contribution in [1.82, 2.24) is 0 Å². The molecule has 72 valence electrons. The van der Waals surface area contributed by atoms with Crippen molar-refractivity contribution in [3.8, 4) is 0 Å². The molecule has 0 atom stereocenters. The van der Waals surface area contributed by atoms with Crippen LogP contribution < -0.4 is 0 Å². The lowest BCUT2D eigenvalue weighted by molar-refractivity contribution is -0.384. The average Bonchev–Trinajstić information content (AvgIpc) is 2.04. The Hall–Kier alpha value is -0.740. The zero-order valence-electron chi connectivity index (χ0n) is 7.32. The van der Waals surface area contributed by atoms with Crippen LogP contribution >= 0.6 is 22.5 Å². The summed E-state index contributed by atoms with van der Waals surface area (Å²) in [5.74, 6) is 0. The van der Waals surface area contributed by atoms with E-state index in [2.05, 4.69) is 0 Å². The van der Waals surface area contributed by atoms with E-state index >= 15 is 0 Å². The molecular formula is C8H10ClNO2S. The molecule has 1 rings (SSSR count). The Morgan fingerprint density at radius 1 is 1.46 bits per heavy atom. The second-order valence-electron chi connectivity index (χ2n) is 2.79. The van der Waals surface area contributed by atoms with Gasteiger partial charge in [-0.2, -0.15) is 0 Å². The molecule has 0 aliphatic carbocycles. The third-order valence-electron chi connectivity index (χ3n) is 1.64. The van der Waals surface area contributed by atoms with Crippen LogP contribution in [0, 0.1) is 10.1 Å². The molecule has 0 aromatic heterocycles. The highest BCUT2D eigenvalue weighted by Gasteiger charge is 2.12. The Bertz CT molecular complexity index is 341. The highest BCUT2D eigenvalue weighted by Crippen LogP contribution is 2.34. The maximum atomic E-state index is 10.5. The van der Waals surface area contributed by atoms with Crippen molar-refractivity contribution in [2.45, 2.75) is 4.90 Å². The number of hydrogen-bond acceptors (Lipinski definition) is 2. The minimum atomic E-state index is -0.454. The highest BCUT2D eigenvalue weighted by molar-refractivity contribution is 8.15. The summed E-state index contributed by atoms with van der Waals surface area (Å²) < 4.78 is 0. The van der Waals surface area contributed by atoms with Crippen LogP contribution in [0.25, 0.3) is 0 Å². The Balaban J connectivity index is 3.19. The van der Waals surface area contributed by atoms with Crippen LogP contribution in [0.3, 0.4) is 0 Å². The summed E-state index contributed by atoms with van der Waals surface area (Å²) in [4.78, 5) is 11.1. The van der Waals surface area contributed by atoms with Crippen molar-refractivity contribution in [1.29, 1.82) is 0 Å². The fraction of sp³-hybridized carbons (Fsp3) is 0.250. The molecule has 5 heteroatoms. The number of hydrogen-bond donors (Lipinski definition) is 1. The van der Waals surface area contributed by atoms with Crippen molar-refractivity contribution >= 4 is 28.2 Å². The first kappa shape index (κ1) is 10.3. The van der Waals surface area contributed by atoms with Gasteiger partial charge in [-0.1, -0.05) is 11.6 Å². The van der Waals surface area contributed by atoms with Gasteiger partial charge in [0.15, 0.2) is 0 Å². The number of benzene rings is 1. The number of rotatable bonds is 2. The van der Waals surface area contributed by atoms with E-state index in [0.29, 0.717) is 0 Å². The lowest BCUT2D eigenvalue weighted by atomic mass is 10.3. The third-order valence-corrected chi connectivity index (χ3v) is 3.27. The number of nitro benzene ring substituents is 1. The van der Waals surface area contributed by atoms with Gasteiger partial charge in [-0.3, -0.25) is 10.1 Å². The monoisotopic (exact) mass is 219 g/mol. The van der Waals surface area contributed by atoms with Crippen molar-refractivity contribution in [3.63, 3.8) is 0 Å². The molecular weight excluding hydrogens is 210 g/mol. The van der Waals surface area contributed by atoms with E-state index in [1.807, 2.05) is 18.6 Å². The summed E-state index contributed by atoms with van der Waals surface area (Å²) in [7, 11) is -0.312. The third kappa shape index (κ3) is 2.35. The molecule has 3 nitrogen and oxygen atoms in total. The predicted octanol–water partition coefficient (Wildman–Crippen LogP) is 2.87. The van der Waals surface area contributed by atoms with Gasteiger partial charge in [-0.05, 0) is 29.5 Å². The lowest BCUT2D eigenvalue weighted by Crippen LogP contribution is -1.90. The van der Waals surface area contributed by atoms with Crippen molar-refractivity contribution < 1.29 is 4.92 Å². The minimum Gasteiger partial charge on any atom is -0.258 e. The normalized spacial score (nSPS) is 11.2. The van der Waals surface area contributed by atoms with Crippen LogP contribution in [0.1, 0.15) is 0 Å². The van der Waals surface area contributed by atoms with Gasteiger partial charge in [0, 0.05) is 6.07 Å². The zero-order chi connectivity index (χ0) is 10.0. The molecule has 0 heterocycles. The fourth-order valence-corrected chi connectivity index (χ4v) is 1.86.